The van der Waals surface area contributed by atoms with Crippen molar-refractivity contribution in [1.29, 1.82) is 0 Å². The molecular formula is C15H34N2O. The van der Waals surface area contributed by atoms with Crippen molar-refractivity contribution in [3.63, 3.8) is 0 Å². The molecular weight excluding hydrogens is 224 g/mol. The Labute approximate surface area is 114 Å². The minimum atomic E-state index is -0.402. The molecule has 0 bridgehead atoms. The number of unbranched alkanes of at least 4 members (excludes halogenated alkanes) is 1. The second-order valence-electron chi connectivity index (χ2n) is 6.82. The van der Waals surface area contributed by atoms with Crippen LogP contribution in [0.1, 0.15) is 53.9 Å². The Bertz CT molecular complexity index is 193. The fourth-order valence-electron chi connectivity index (χ4n) is 2.23. The molecule has 0 fully saturated rings. The molecule has 110 valence electrons. The average Bonchev–Trinajstić information content (AvgIpc) is 2.22. The zero-order valence-electron chi connectivity index (χ0n) is 13.1. The van der Waals surface area contributed by atoms with Crippen LogP contribution in [-0.2, 0) is 0 Å². The van der Waals surface area contributed by atoms with Crippen LogP contribution in [0.5, 0.6) is 0 Å². The van der Waals surface area contributed by atoms with E-state index in [0.717, 1.165) is 31.2 Å². The lowest BCUT2D eigenvalue weighted by atomic mass is 9.97. The number of nitrogens with two attached hydrogens (primary N) is 1. The van der Waals surface area contributed by atoms with Gasteiger partial charge in [-0.3, -0.25) is 0 Å². The van der Waals surface area contributed by atoms with Gasteiger partial charge in [0.1, 0.15) is 0 Å². The summed E-state index contributed by atoms with van der Waals surface area (Å²) in [4.78, 5) is 2.56. The monoisotopic (exact) mass is 258 g/mol. The lowest BCUT2D eigenvalue weighted by Crippen LogP contribution is -2.40. The zero-order valence-corrected chi connectivity index (χ0v) is 13.1. The number of rotatable bonds is 10. The molecule has 0 aromatic heterocycles. The fourth-order valence-corrected chi connectivity index (χ4v) is 2.23. The third kappa shape index (κ3) is 9.86. The van der Waals surface area contributed by atoms with Gasteiger partial charge in [-0.15, -0.1) is 0 Å². The van der Waals surface area contributed by atoms with Gasteiger partial charge in [0.15, 0.2) is 0 Å². The number of hydrogen-bond acceptors (Lipinski definition) is 3. The van der Waals surface area contributed by atoms with Crippen LogP contribution in [0, 0.1) is 11.8 Å². The predicted octanol–water partition coefficient (Wildman–Crippen LogP) is 2.48. The molecule has 0 aliphatic heterocycles. The molecule has 0 radical (unpaired) electrons. The van der Waals surface area contributed by atoms with Crippen molar-refractivity contribution in [3.8, 4) is 0 Å². The smallest absolute Gasteiger partial charge is 0.0608 e. The van der Waals surface area contributed by atoms with Crippen molar-refractivity contribution >= 4 is 0 Å². The molecule has 0 amide bonds. The van der Waals surface area contributed by atoms with E-state index >= 15 is 0 Å². The van der Waals surface area contributed by atoms with Crippen molar-refractivity contribution in [2.75, 3.05) is 26.2 Å². The summed E-state index contributed by atoms with van der Waals surface area (Å²) < 4.78 is 0. The van der Waals surface area contributed by atoms with E-state index in [0.29, 0.717) is 0 Å². The molecule has 3 N–H and O–H groups in total. The lowest BCUT2D eigenvalue weighted by Gasteiger charge is -2.27. The average molecular weight is 258 g/mol. The Morgan fingerprint density at radius 2 is 1.56 bits per heavy atom. The minimum absolute atomic E-state index is 0.0781. The summed E-state index contributed by atoms with van der Waals surface area (Å²) in [5, 5.41) is 9.11. The van der Waals surface area contributed by atoms with Gasteiger partial charge in [-0.25, -0.2) is 0 Å². The second kappa shape index (κ2) is 8.89. The molecule has 0 aromatic rings. The standard InChI is InChI=1S/C15H34N2O/c1-13(2)10-17(11-14(3)4)9-7-6-8-15(5,16)12-18/h13-14,18H,6-12,16H2,1-5H3. The van der Waals surface area contributed by atoms with Crippen LogP contribution in [-0.4, -0.2) is 41.8 Å². The normalized spacial score (nSPS) is 15.7. The first-order chi connectivity index (χ1) is 8.26. The van der Waals surface area contributed by atoms with Gasteiger partial charge in [0.25, 0.3) is 0 Å². The van der Waals surface area contributed by atoms with E-state index in [1.165, 1.54) is 19.5 Å². The molecule has 18 heavy (non-hydrogen) atoms. The highest BCUT2D eigenvalue weighted by molar-refractivity contribution is 4.77. The Balaban J connectivity index is 3.89. The van der Waals surface area contributed by atoms with Crippen LogP contribution in [0.2, 0.25) is 0 Å². The van der Waals surface area contributed by atoms with Crippen molar-refractivity contribution in [2.24, 2.45) is 17.6 Å². The van der Waals surface area contributed by atoms with Gasteiger partial charge in [0, 0.05) is 18.6 Å². The number of aliphatic hydroxyl groups is 1. The molecule has 0 aliphatic rings. The first-order valence-corrected chi connectivity index (χ1v) is 7.39. The lowest BCUT2D eigenvalue weighted by molar-refractivity contribution is 0.187. The quantitative estimate of drug-likeness (QED) is 0.592. The van der Waals surface area contributed by atoms with Crippen molar-refractivity contribution in [3.05, 3.63) is 0 Å². The molecule has 0 saturated carbocycles. The highest BCUT2D eigenvalue weighted by Gasteiger charge is 2.16. The van der Waals surface area contributed by atoms with Crippen LogP contribution < -0.4 is 5.73 Å². The summed E-state index contributed by atoms with van der Waals surface area (Å²) in [7, 11) is 0. The maximum Gasteiger partial charge on any atom is 0.0608 e. The predicted molar refractivity (Wildman–Crippen MR) is 79.6 cm³/mol. The third-order valence-electron chi connectivity index (χ3n) is 3.08. The van der Waals surface area contributed by atoms with Crippen molar-refractivity contribution in [2.45, 2.75) is 59.4 Å². The molecule has 0 saturated heterocycles. The van der Waals surface area contributed by atoms with Gasteiger partial charge >= 0.3 is 0 Å². The highest BCUT2D eigenvalue weighted by atomic mass is 16.3. The molecule has 1 unspecified atom stereocenters. The van der Waals surface area contributed by atoms with E-state index in [4.69, 9.17) is 10.8 Å². The van der Waals surface area contributed by atoms with Crippen LogP contribution in [0.15, 0.2) is 0 Å². The highest BCUT2D eigenvalue weighted by Crippen LogP contribution is 2.11. The van der Waals surface area contributed by atoms with Gasteiger partial charge in [-0.2, -0.15) is 0 Å². The van der Waals surface area contributed by atoms with Crippen LogP contribution in [0.3, 0.4) is 0 Å². The Morgan fingerprint density at radius 3 is 1.94 bits per heavy atom. The number of hydrogen-bond donors (Lipinski definition) is 2. The summed E-state index contributed by atoms with van der Waals surface area (Å²) in [5.41, 5.74) is 5.53. The molecule has 3 heteroatoms. The van der Waals surface area contributed by atoms with E-state index in [1.54, 1.807) is 0 Å². The van der Waals surface area contributed by atoms with Gasteiger partial charge < -0.3 is 15.7 Å². The summed E-state index contributed by atoms with van der Waals surface area (Å²) in [6.45, 7) is 14.6. The topological polar surface area (TPSA) is 49.5 Å². The summed E-state index contributed by atoms with van der Waals surface area (Å²) in [5.74, 6) is 1.45. The summed E-state index contributed by atoms with van der Waals surface area (Å²) >= 11 is 0. The Kier molecular flexibility index (Phi) is 8.83. The first-order valence-electron chi connectivity index (χ1n) is 7.39. The molecule has 0 heterocycles. The minimum Gasteiger partial charge on any atom is -0.394 e. The SMILES string of the molecule is CC(C)CN(CCCCC(C)(N)CO)CC(C)C. The number of aliphatic hydroxyl groups excluding tert-OH is 1. The van der Waals surface area contributed by atoms with E-state index in [-0.39, 0.29) is 6.61 Å². The Hall–Kier alpha value is -0.120. The maximum absolute atomic E-state index is 9.11. The Morgan fingerprint density at radius 1 is 1.06 bits per heavy atom. The largest absolute Gasteiger partial charge is 0.394 e. The van der Waals surface area contributed by atoms with Crippen LogP contribution in [0.4, 0.5) is 0 Å². The van der Waals surface area contributed by atoms with E-state index < -0.39 is 5.54 Å². The van der Waals surface area contributed by atoms with Gasteiger partial charge in [-0.05, 0) is 38.1 Å². The third-order valence-corrected chi connectivity index (χ3v) is 3.08. The first kappa shape index (κ1) is 17.9. The van der Waals surface area contributed by atoms with Crippen molar-refractivity contribution < 1.29 is 5.11 Å². The maximum atomic E-state index is 9.11. The summed E-state index contributed by atoms with van der Waals surface area (Å²) in [6, 6.07) is 0. The van der Waals surface area contributed by atoms with E-state index in [1.807, 2.05) is 6.92 Å². The molecule has 0 spiro atoms. The summed E-state index contributed by atoms with van der Waals surface area (Å²) in [6.07, 6.45) is 3.17. The molecule has 0 rings (SSSR count). The zero-order chi connectivity index (χ0) is 14.2. The molecule has 0 aromatic carbocycles. The fraction of sp³-hybridized carbons (Fsp3) is 1.00. The molecule has 0 aliphatic carbocycles. The van der Waals surface area contributed by atoms with Crippen molar-refractivity contribution in [1.82, 2.24) is 4.90 Å². The van der Waals surface area contributed by atoms with E-state index in [9.17, 15) is 0 Å². The molecule has 3 nitrogen and oxygen atoms in total. The van der Waals surface area contributed by atoms with Crippen LogP contribution in [0.25, 0.3) is 0 Å². The van der Waals surface area contributed by atoms with Gasteiger partial charge in [-0.1, -0.05) is 34.1 Å². The van der Waals surface area contributed by atoms with Crippen LogP contribution >= 0.6 is 0 Å². The molecule has 1 atom stereocenters. The van der Waals surface area contributed by atoms with Gasteiger partial charge in [0.05, 0.1) is 6.61 Å². The second-order valence-corrected chi connectivity index (χ2v) is 6.82. The van der Waals surface area contributed by atoms with Gasteiger partial charge in [0.2, 0.25) is 0 Å². The number of nitrogens with zero attached hydrogens (tertiary/aromatic N) is 1. The van der Waals surface area contributed by atoms with E-state index in [2.05, 4.69) is 32.6 Å².